The quantitative estimate of drug-likeness (QED) is 0.845. The van der Waals surface area contributed by atoms with Gasteiger partial charge in [0.1, 0.15) is 0 Å². The summed E-state index contributed by atoms with van der Waals surface area (Å²) in [7, 11) is 0. The molecule has 1 saturated heterocycles. The van der Waals surface area contributed by atoms with Crippen LogP contribution in [0.4, 0.5) is 0 Å². The number of hydrogen-bond donors (Lipinski definition) is 1. The predicted molar refractivity (Wildman–Crippen MR) is 82.4 cm³/mol. The third-order valence-electron chi connectivity index (χ3n) is 4.27. The zero-order chi connectivity index (χ0) is 13.5. The van der Waals surface area contributed by atoms with E-state index < -0.39 is 0 Å². The molecule has 1 fully saturated rings. The summed E-state index contributed by atoms with van der Waals surface area (Å²) in [6.45, 7) is 9.25. The Morgan fingerprint density at radius 3 is 2.47 bits per heavy atom. The van der Waals surface area contributed by atoms with E-state index >= 15 is 0 Å². The Labute approximate surface area is 118 Å². The molecular weight excluding hydrogens is 232 g/mol. The van der Waals surface area contributed by atoms with Gasteiger partial charge in [-0.15, -0.1) is 0 Å². The first-order valence-electron chi connectivity index (χ1n) is 7.82. The fraction of sp³-hybridized carbons (Fsp3) is 0.647. The van der Waals surface area contributed by atoms with Crippen molar-refractivity contribution in [2.45, 2.75) is 52.1 Å². The Bertz CT molecular complexity index is 369. The number of piperidine rings is 1. The third-order valence-corrected chi connectivity index (χ3v) is 4.27. The molecule has 0 radical (unpaired) electrons. The lowest BCUT2D eigenvalue weighted by Crippen LogP contribution is -2.43. The van der Waals surface area contributed by atoms with Crippen LogP contribution in [0.5, 0.6) is 0 Å². The van der Waals surface area contributed by atoms with Gasteiger partial charge in [-0.1, -0.05) is 37.6 Å². The minimum atomic E-state index is 0.661. The summed E-state index contributed by atoms with van der Waals surface area (Å²) in [6.07, 6.45) is 5.30. The molecule has 2 nitrogen and oxygen atoms in total. The number of aryl methyl sites for hydroxylation is 1. The highest BCUT2D eigenvalue weighted by molar-refractivity contribution is 5.26. The molecule has 0 amide bonds. The molecule has 0 spiro atoms. The predicted octanol–water partition coefficient (Wildman–Crippen LogP) is 3.21. The van der Waals surface area contributed by atoms with E-state index in [2.05, 4.69) is 48.3 Å². The van der Waals surface area contributed by atoms with Gasteiger partial charge in [0.05, 0.1) is 0 Å². The number of rotatable bonds is 6. The summed E-state index contributed by atoms with van der Waals surface area (Å²) in [5, 5.41) is 3.63. The van der Waals surface area contributed by atoms with Crippen LogP contribution in [0.3, 0.4) is 0 Å². The highest BCUT2D eigenvalue weighted by Gasteiger charge is 2.15. The van der Waals surface area contributed by atoms with Crippen LogP contribution >= 0.6 is 0 Å². The van der Waals surface area contributed by atoms with E-state index in [4.69, 9.17) is 0 Å². The maximum Gasteiger partial charge on any atom is 0.0208 e. The van der Waals surface area contributed by atoms with Crippen molar-refractivity contribution in [2.75, 3.05) is 19.6 Å². The molecule has 1 aliphatic rings. The Morgan fingerprint density at radius 1 is 1.11 bits per heavy atom. The first-order chi connectivity index (χ1) is 9.31. The highest BCUT2D eigenvalue weighted by atomic mass is 15.2. The molecule has 2 heteroatoms. The second-order valence-corrected chi connectivity index (χ2v) is 5.70. The van der Waals surface area contributed by atoms with Crippen LogP contribution in [0.1, 0.15) is 44.2 Å². The minimum absolute atomic E-state index is 0.661. The van der Waals surface area contributed by atoms with Gasteiger partial charge in [0.2, 0.25) is 0 Å². The lowest BCUT2D eigenvalue weighted by atomic mass is 10.1. The fourth-order valence-electron chi connectivity index (χ4n) is 2.98. The van der Waals surface area contributed by atoms with Crippen LogP contribution < -0.4 is 5.32 Å². The third kappa shape index (κ3) is 4.32. The van der Waals surface area contributed by atoms with Gasteiger partial charge >= 0.3 is 0 Å². The lowest BCUT2D eigenvalue weighted by molar-refractivity contribution is 0.170. The Morgan fingerprint density at radius 2 is 1.79 bits per heavy atom. The van der Waals surface area contributed by atoms with Crippen LogP contribution in [0.25, 0.3) is 0 Å². The van der Waals surface area contributed by atoms with Crippen molar-refractivity contribution in [3.63, 3.8) is 0 Å². The summed E-state index contributed by atoms with van der Waals surface area (Å²) in [6, 6.07) is 9.43. The van der Waals surface area contributed by atoms with E-state index in [1.807, 2.05) is 0 Å². The maximum atomic E-state index is 3.63. The van der Waals surface area contributed by atoms with Gasteiger partial charge in [-0.25, -0.2) is 0 Å². The second kappa shape index (κ2) is 7.66. The first kappa shape index (κ1) is 14.5. The Kier molecular flexibility index (Phi) is 5.87. The summed E-state index contributed by atoms with van der Waals surface area (Å²) in [4.78, 5) is 2.63. The number of hydrogen-bond acceptors (Lipinski definition) is 2. The molecule has 106 valence electrons. The Hall–Kier alpha value is -0.860. The summed E-state index contributed by atoms with van der Waals surface area (Å²) >= 11 is 0. The molecule has 19 heavy (non-hydrogen) atoms. The smallest absolute Gasteiger partial charge is 0.0208 e. The SMILES string of the molecule is CCc1ccccc1CNCC(C)N1CCCCC1. The van der Waals surface area contributed by atoms with Gasteiger partial charge in [-0.05, 0) is 50.4 Å². The number of nitrogens with one attached hydrogen (secondary N) is 1. The molecule has 1 atom stereocenters. The van der Waals surface area contributed by atoms with Crippen molar-refractivity contribution in [3.8, 4) is 0 Å². The van der Waals surface area contributed by atoms with Crippen LogP contribution in [-0.4, -0.2) is 30.6 Å². The monoisotopic (exact) mass is 260 g/mol. The minimum Gasteiger partial charge on any atom is -0.311 e. The van der Waals surface area contributed by atoms with Gasteiger partial charge < -0.3 is 5.32 Å². The van der Waals surface area contributed by atoms with Crippen molar-refractivity contribution in [1.29, 1.82) is 0 Å². The van der Waals surface area contributed by atoms with Crippen LogP contribution in [0.2, 0.25) is 0 Å². The topological polar surface area (TPSA) is 15.3 Å². The summed E-state index contributed by atoms with van der Waals surface area (Å²) in [5.41, 5.74) is 2.93. The van der Waals surface area contributed by atoms with Gasteiger partial charge in [-0.3, -0.25) is 4.90 Å². The van der Waals surface area contributed by atoms with Crippen molar-refractivity contribution < 1.29 is 0 Å². The van der Waals surface area contributed by atoms with Gasteiger partial charge in [0.25, 0.3) is 0 Å². The standard InChI is InChI=1S/C17H28N2/c1-3-16-9-5-6-10-17(16)14-18-13-15(2)19-11-7-4-8-12-19/h5-6,9-10,15,18H,3-4,7-8,11-14H2,1-2H3. The molecule has 1 heterocycles. The van der Waals surface area contributed by atoms with E-state index in [-0.39, 0.29) is 0 Å². The van der Waals surface area contributed by atoms with Crippen molar-refractivity contribution in [3.05, 3.63) is 35.4 Å². The highest BCUT2D eigenvalue weighted by Crippen LogP contribution is 2.12. The zero-order valence-corrected chi connectivity index (χ0v) is 12.5. The first-order valence-corrected chi connectivity index (χ1v) is 7.82. The molecular formula is C17H28N2. The molecule has 2 rings (SSSR count). The molecule has 1 aromatic carbocycles. The normalized spacial score (nSPS) is 18.4. The Balaban J connectivity index is 1.76. The van der Waals surface area contributed by atoms with Gasteiger partial charge in [-0.2, -0.15) is 0 Å². The number of benzene rings is 1. The maximum absolute atomic E-state index is 3.63. The number of nitrogens with zero attached hydrogens (tertiary/aromatic N) is 1. The molecule has 0 bridgehead atoms. The molecule has 0 aromatic heterocycles. The van der Waals surface area contributed by atoms with E-state index in [9.17, 15) is 0 Å². The molecule has 1 aromatic rings. The van der Waals surface area contributed by atoms with E-state index in [1.54, 1.807) is 0 Å². The van der Waals surface area contributed by atoms with E-state index in [0.29, 0.717) is 6.04 Å². The van der Waals surface area contributed by atoms with Crippen LogP contribution in [0, 0.1) is 0 Å². The molecule has 1 N–H and O–H groups in total. The van der Waals surface area contributed by atoms with E-state index in [1.165, 1.54) is 43.5 Å². The van der Waals surface area contributed by atoms with Crippen molar-refractivity contribution >= 4 is 0 Å². The average molecular weight is 260 g/mol. The number of likely N-dealkylation sites (tertiary alicyclic amines) is 1. The molecule has 0 saturated carbocycles. The lowest BCUT2D eigenvalue weighted by Gasteiger charge is -2.32. The fourth-order valence-corrected chi connectivity index (χ4v) is 2.98. The summed E-state index contributed by atoms with van der Waals surface area (Å²) < 4.78 is 0. The van der Waals surface area contributed by atoms with Gasteiger partial charge in [0, 0.05) is 19.1 Å². The van der Waals surface area contributed by atoms with Gasteiger partial charge in [0.15, 0.2) is 0 Å². The molecule has 0 aliphatic carbocycles. The van der Waals surface area contributed by atoms with E-state index in [0.717, 1.165) is 19.5 Å². The molecule has 1 unspecified atom stereocenters. The second-order valence-electron chi connectivity index (χ2n) is 5.70. The largest absolute Gasteiger partial charge is 0.311 e. The average Bonchev–Trinajstić information content (AvgIpc) is 2.48. The van der Waals surface area contributed by atoms with Crippen molar-refractivity contribution in [1.82, 2.24) is 10.2 Å². The molecule has 1 aliphatic heterocycles. The van der Waals surface area contributed by atoms with Crippen molar-refractivity contribution in [2.24, 2.45) is 0 Å². The zero-order valence-electron chi connectivity index (χ0n) is 12.5. The van der Waals surface area contributed by atoms with Crippen LogP contribution in [0.15, 0.2) is 24.3 Å². The summed E-state index contributed by atoms with van der Waals surface area (Å²) in [5.74, 6) is 0. The van der Waals surface area contributed by atoms with Crippen LogP contribution in [-0.2, 0) is 13.0 Å².